The van der Waals surface area contributed by atoms with E-state index in [0.717, 1.165) is 60.7 Å². The molecule has 2 N–H and O–H groups in total. The van der Waals surface area contributed by atoms with E-state index in [1.54, 1.807) is 0 Å². The summed E-state index contributed by atoms with van der Waals surface area (Å²) in [5.41, 5.74) is -15.0. The summed E-state index contributed by atoms with van der Waals surface area (Å²) >= 11 is 0. The summed E-state index contributed by atoms with van der Waals surface area (Å²) in [7, 11) is 0. The smallest absolute Gasteiger partial charge is 0.346 e. The first kappa shape index (κ1) is 56.2. The van der Waals surface area contributed by atoms with E-state index in [2.05, 4.69) is 5.18 Å². The van der Waals surface area contributed by atoms with Crippen molar-refractivity contribution in [3.8, 4) is 67.5 Å². The molecule has 10 aromatic rings. The molecule has 0 spiro atoms. The third-order valence-corrected chi connectivity index (χ3v) is 13.0. The molecule has 0 unspecified atom stereocenters. The number of rotatable bonds is 17. The van der Waals surface area contributed by atoms with Crippen molar-refractivity contribution < 1.29 is 49.2 Å². The van der Waals surface area contributed by atoms with Crippen LogP contribution in [0.3, 0.4) is 0 Å². The molecule has 0 saturated carbocycles. The fourth-order valence-electron chi connectivity index (χ4n) is 9.13. The molecule has 0 amide bonds. The molecule has 0 atom stereocenters. The average molecular weight is 1180 g/mol. The van der Waals surface area contributed by atoms with Gasteiger partial charge in [-0.3, -0.25) is 101 Å². The highest BCUT2D eigenvalue weighted by Crippen LogP contribution is 2.46. The molecule has 0 fully saturated rings. The van der Waals surface area contributed by atoms with E-state index >= 15 is 0 Å². The quantitative estimate of drug-likeness (QED) is 0.0291. The molecule has 0 aliphatic rings. The van der Waals surface area contributed by atoms with Crippen LogP contribution in [0, 0.1) is 106 Å². The van der Waals surface area contributed by atoms with E-state index < -0.39 is 207 Å². The lowest BCUT2D eigenvalue weighted by molar-refractivity contribution is -0.422. The molecule has 0 aliphatic carbocycles. The molecule has 3 heterocycles. The summed E-state index contributed by atoms with van der Waals surface area (Å²) in [6.07, 6.45) is 0. The molecule has 39 heteroatoms. The number of nitro groups is 10. The van der Waals surface area contributed by atoms with Gasteiger partial charge < -0.3 is 5.73 Å². The van der Waals surface area contributed by atoms with E-state index in [1.165, 1.54) is 0 Å². The van der Waals surface area contributed by atoms with Crippen LogP contribution in [-0.2, 0) is 0 Å². The van der Waals surface area contributed by atoms with Crippen LogP contribution in [0.25, 0.3) is 101 Å². The minimum Gasteiger partial charge on any atom is -0.393 e. The van der Waals surface area contributed by atoms with Gasteiger partial charge in [0.25, 0.3) is 11.4 Å². The van der Waals surface area contributed by atoms with Gasteiger partial charge >= 0.3 is 45.5 Å². The molecule has 0 saturated heterocycles. The minimum atomic E-state index is -1.18. The van der Waals surface area contributed by atoms with Crippen molar-refractivity contribution in [2.45, 2.75) is 0 Å². The van der Waals surface area contributed by atoms with E-state index in [-0.39, 0.29) is 11.1 Å². The highest BCUT2D eigenvalue weighted by atomic mass is 16.7. The molecule has 0 aliphatic heterocycles. The Hall–Kier alpha value is -14.0. The maximum Gasteiger partial charge on any atom is 0.346 e. The number of fused-ring (bicyclic) bond motifs is 6. The second kappa shape index (κ2) is 21.1. The first-order chi connectivity index (χ1) is 41.3. The molecule has 428 valence electrons. The van der Waals surface area contributed by atoms with Crippen molar-refractivity contribution in [1.29, 1.82) is 0 Å². The third kappa shape index (κ3) is 9.76. The second-order valence-electron chi connectivity index (χ2n) is 17.8. The monoisotopic (exact) mass is 1180 g/mol. The number of nitro benzene ring substituents is 10. The minimum absolute atomic E-state index is 0.276. The lowest BCUT2D eigenvalue weighted by Crippen LogP contribution is -2.06. The topological polar surface area (TPSA) is 564 Å². The van der Waals surface area contributed by atoms with Gasteiger partial charge in [-0.05, 0) is 47.6 Å². The molecule has 39 nitrogen and oxygen atoms in total. The molecular weight excluding hydrogens is 1160 g/mol. The fraction of sp³-hybridized carbons (Fsp3) is 0. The fourth-order valence-corrected chi connectivity index (χ4v) is 9.13. The van der Waals surface area contributed by atoms with Crippen molar-refractivity contribution in [1.82, 2.24) is 29.9 Å². The van der Waals surface area contributed by atoms with Gasteiger partial charge in [0, 0.05) is 94.0 Å². The molecule has 0 bridgehead atoms. The summed E-state index contributed by atoms with van der Waals surface area (Å²) < 4.78 is 0. The number of nitrogens with two attached hydrogens (primary N) is 1. The van der Waals surface area contributed by atoms with Crippen molar-refractivity contribution in [3.63, 3.8) is 0 Å². The van der Waals surface area contributed by atoms with Crippen molar-refractivity contribution in [3.05, 3.63) is 215 Å². The Balaban J connectivity index is 1.50. The van der Waals surface area contributed by atoms with Gasteiger partial charge in [-0.25, -0.2) is 29.9 Å². The van der Waals surface area contributed by atoms with Crippen molar-refractivity contribution in [2.75, 3.05) is 5.73 Å². The van der Waals surface area contributed by atoms with Crippen LogP contribution in [0.2, 0.25) is 0 Å². The molecule has 0 radical (unpaired) electrons. The first-order valence-corrected chi connectivity index (χ1v) is 23.4. The Morgan fingerprint density at radius 3 is 0.678 bits per heavy atom. The largest absolute Gasteiger partial charge is 0.393 e. The highest BCUT2D eigenvalue weighted by molar-refractivity contribution is 6.20. The van der Waals surface area contributed by atoms with Gasteiger partial charge in [0.15, 0.2) is 5.69 Å². The number of hydrogen-bond donors (Lipinski definition) is 1. The maximum atomic E-state index is 12.5. The van der Waals surface area contributed by atoms with Crippen molar-refractivity contribution in [2.24, 2.45) is 5.18 Å². The summed E-state index contributed by atoms with van der Waals surface area (Å²) in [5.74, 6) is 0. The van der Waals surface area contributed by atoms with Crippen LogP contribution in [-0.4, -0.2) is 79.1 Å². The van der Waals surface area contributed by atoms with Crippen LogP contribution in [0.4, 0.5) is 68.2 Å². The normalized spacial score (nSPS) is 11.1. The van der Waals surface area contributed by atoms with Gasteiger partial charge in [0.2, 0.25) is 0 Å². The third-order valence-electron chi connectivity index (χ3n) is 13.0. The zero-order chi connectivity index (χ0) is 62.8. The number of hydrogen-bond acceptors (Lipinski definition) is 29. The summed E-state index contributed by atoms with van der Waals surface area (Å²) in [4.78, 5) is 153. The Bertz CT molecular complexity index is 4930. The summed E-state index contributed by atoms with van der Waals surface area (Å²) in [5, 5.41) is 126. The number of anilines is 1. The number of aromatic nitrogens is 6. The Morgan fingerprint density at radius 1 is 0.264 bits per heavy atom. The standard InChI is InChI=1S/C48H20N18O21/c49-25-7-1-19(13-31(25)61(76)77)37-39(21-3-9-27(57(68)69)33(15-21)63(80)81)52-46-43(50-37)45-44(51-38(20-2-8-26(56-67)32(14-20)62(78)79)40(53-45)22-4-10-28(58(70)71)34(16-22)64(82)83)47-48(46)55-42(24-6-12-30(60(74)75)36(18-24)66(86)87)41(54-47)23-5-11-29(59(72)73)35(17-23)65(84)85/h1-18H,49H2. The van der Waals surface area contributed by atoms with Crippen molar-refractivity contribution >= 4 is 101 Å². The van der Waals surface area contributed by atoms with Crippen LogP contribution in [0.5, 0.6) is 0 Å². The number of nitroso groups, excluding NO2 is 1. The Morgan fingerprint density at radius 2 is 0.460 bits per heavy atom. The van der Waals surface area contributed by atoms with Gasteiger partial charge in [0.05, 0.1) is 83.4 Å². The number of nitrogen functional groups attached to an aromatic ring is 1. The number of nitrogens with zero attached hydrogens (tertiary/aromatic N) is 17. The summed E-state index contributed by atoms with van der Waals surface area (Å²) in [6, 6.07) is 14.8. The Labute approximate surface area is 473 Å². The van der Waals surface area contributed by atoms with Gasteiger partial charge in [-0.2, -0.15) is 0 Å². The van der Waals surface area contributed by atoms with Crippen LogP contribution in [0.1, 0.15) is 0 Å². The predicted molar refractivity (Wildman–Crippen MR) is 295 cm³/mol. The number of benzene rings is 7. The first-order valence-electron chi connectivity index (χ1n) is 23.4. The van der Waals surface area contributed by atoms with E-state index in [0.29, 0.717) is 48.5 Å². The predicted octanol–water partition coefficient (Wildman–Crippen LogP) is 10.6. The molecule has 3 aromatic heterocycles. The van der Waals surface area contributed by atoms with Gasteiger partial charge in [-0.15, -0.1) is 4.91 Å². The zero-order valence-corrected chi connectivity index (χ0v) is 42.1. The van der Waals surface area contributed by atoms with Crippen LogP contribution < -0.4 is 5.73 Å². The highest BCUT2D eigenvalue weighted by Gasteiger charge is 2.34. The van der Waals surface area contributed by atoms with E-state index in [9.17, 15) is 106 Å². The lowest BCUT2D eigenvalue weighted by atomic mass is 9.99. The lowest BCUT2D eigenvalue weighted by Gasteiger charge is -2.17. The van der Waals surface area contributed by atoms with Crippen LogP contribution >= 0.6 is 0 Å². The summed E-state index contributed by atoms with van der Waals surface area (Å²) in [6.45, 7) is 0. The maximum absolute atomic E-state index is 12.5. The van der Waals surface area contributed by atoms with E-state index in [4.69, 9.17) is 35.6 Å². The SMILES string of the molecule is Nc1ccc(-c2nc3c(nc2-c2ccc([N+](=O)[O-])c([N+](=O)[O-])c2)c2nc(-c4ccc([N+](=O)[O-])c([N+](=O)[O-])c4)c(-c4ccc([N+](=O)[O-])c([N+](=O)[O-])c4)nc2c2nc(-c4ccc(N=O)c([N+](=O)[O-])c4)c(-c4ccc([N+](=O)[O-])c([N+](=O)[O-])c4)nc32)cc1[N+](=O)[O-]. The van der Waals surface area contributed by atoms with Gasteiger partial charge in [0.1, 0.15) is 38.8 Å². The second-order valence-corrected chi connectivity index (χ2v) is 17.8. The van der Waals surface area contributed by atoms with Gasteiger partial charge in [-0.1, -0.05) is 6.07 Å². The molecule has 7 aromatic carbocycles. The molecule has 87 heavy (non-hydrogen) atoms. The molecule has 10 rings (SSSR count). The average Bonchev–Trinajstić information content (AvgIpc) is 0.775. The molecular formula is C48H20N18O21. The Kier molecular flexibility index (Phi) is 13.7. The van der Waals surface area contributed by atoms with E-state index in [1.807, 2.05) is 0 Å². The van der Waals surface area contributed by atoms with Crippen LogP contribution in [0.15, 0.2) is 114 Å². The zero-order valence-electron chi connectivity index (χ0n) is 42.1.